The molecule has 2 aromatic carbocycles. The second kappa shape index (κ2) is 12.0. The van der Waals surface area contributed by atoms with Crippen molar-refractivity contribution in [1.82, 2.24) is 10.2 Å². The van der Waals surface area contributed by atoms with E-state index in [1.807, 2.05) is 30.3 Å². The number of nitrogens with zero attached hydrogens (tertiary/aromatic N) is 1. The smallest absolute Gasteiger partial charge is 0.239 e. The standard InChI is InChI=1S/C24H28F2N2O3S/c25-20-12-11-19(21(26)14-20)10-6-1-2-7-13-27-22(29)16-28-23(30)15-24(28)32(31)17-18-8-4-3-5-9-18/h3-5,8-9,11-12,14,24H,1-2,6-7,10,13,15-17H2,(H,27,29). The number of benzene rings is 2. The molecule has 2 atom stereocenters. The molecule has 172 valence electrons. The van der Waals surface area contributed by atoms with E-state index in [4.69, 9.17) is 0 Å². The fourth-order valence-corrected chi connectivity index (χ4v) is 5.16. The molecule has 1 N–H and O–H groups in total. The Bertz CT molecular complexity index is 913. The van der Waals surface area contributed by atoms with Crippen LogP contribution in [0.3, 0.4) is 0 Å². The minimum absolute atomic E-state index is 0.0755. The van der Waals surface area contributed by atoms with Crippen molar-refractivity contribution >= 4 is 23.0 Å². The van der Waals surface area contributed by atoms with Crippen molar-refractivity contribution in [3.8, 4) is 0 Å². The van der Waals surface area contributed by atoms with Crippen molar-refractivity contribution < 1.29 is 22.9 Å². The molecule has 2 unspecified atom stereocenters. The Labute approximate surface area is 190 Å². The molecule has 0 aliphatic carbocycles. The lowest BCUT2D eigenvalue weighted by atomic mass is 10.1. The molecule has 0 spiro atoms. The third-order valence-electron chi connectivity index (χ3n) is 5.50. The summed E-state index contributed by atoms with van der Waals surface area (Å²) in [5.41, 5.74) is 1.45. The molecule has 32 heavy (non-hydrogen) atoms. The minimum Gasteiger partial charge on any atom is -0.614 e. The maximum atomic E-state index is 13.6. The van der Waals surface area contributed by atoms with Gasteiger partial charge in [0.15, 0.2) is 5.37 Å². The molecule has 1 aliphatic heterocycles. The van der Waals surface area contributed by atoms with Gasteiger partial charge in [0.1, 0.15) is 23.9 Å². The van der Waals surface area contributed by atoms with Gasteiger partial charge in [-0.15, -0.1) is 0 Å². The molecule has 2 amide bonds. The van der Waals surface area contributed by atoms with Crippen molar-refractivity contribution in [2.24, 2.45) is 0 Å². The Kier molecular flexibility index (Phi) is 9.05. The van der Waals surface area contributed by atoms with Crippen molar-refractivity contribution in [3.63, 3.8) is 0 Å². The number of carbonyl (C=O) groups excluding carboxylic acids is 2. The van der Waals surface area contributed by atoms with Gasteiger partial charge in [-0.2, -0.15) is 0 Å². The van der Waals surface area contributed by atoms with E-state index in [2.05, 4.69) is 5.32 Å². The second-order valence-electron chi connectivity index (χ2n) is 7.94. The second-order valence-corrected chi connectivity index (χ2v) is 9.54. The maximum absolute atomic E-state index is 13.6. The monoisotopic (exact) mass is 462 g/mol. The molecular formula is C24H28F2N2O3S. The molecule has 1 aliphatic rings. The topological polar surface area (TPSA) is 72.5 Å². The van der Waals surface area contributed by atoms with Crippen LogP contribution in [0.4, 0.5) is 8.78 Å². The van der Waals surface area contributed by atoms with Gasteiger partial charge < -0.3 is 9.87 Å². The average molecular weight is 463 g/mol. The van der Waals surface area contributed by atoms with E-state index in [1.54, 1.807) is 0 Å². The van der Waals surface area contributed by atoms with Gasteiger partial charge in [-0.25, -0.2) is 8.78 Å². The molecule has 1 saturated heterocycles. The lowest BCUT2D eigenvalue weighted by Crippen LogP contribution is -2.59. The summed E-state index contributed by atoms with van der Waals surface area (Å²) >= 11 is -1.25. The molecule has 0 bridgehead atoms. The van der Waals surface area contributed by atoms with Crippen LogP contribution in [0.5, 0.6) is 0 Å². The Morgan fingerprint density at radius 2 is 1.84 bits per heavy atom. The van der Waals surface area contributed by atoms with Gasteiger partial charge in [0.05, 0.1) is 6.42 Å². The predicted octanol–water partition coefficient (Wildman–Crippen LogP) is 3.69. The SMILES string of the molecule is O=C(CN1C(=O)CC1[S+]([O-])Cc1ccccc1)NCCCCCCc1ccc(F)cc1F. The summed E-state index contributed by atoms with van der Waals surface area (Å²) in [4.78, 5) is 25.5. The largest absolute Gasteiger partial charge is 0.614 e. The summed E-state index contributed by atoms with van der Waals surface area (Å²) in [5.74, 6) is -1.14. The van der Waals surface area contributed by atoms with Crippen LogP contribution in [0.25, 0.3) is 0 Å². The Morgan fingerprint density at radius 3 is 2.56 bits per heavy atom. The lowest BCUT2D eigenvalue weighted by molar-refractivity contribution is -0.145. The van der Waals surface area contributed by atoms with Crippen molar-refractivity contribution in [2.45, 2.75) is 49.7 Å². The van der Waals surface area contributed by atoms with Gasteiger partial charge in [0.25, 0.3) is 0 Å². The van der Waals surface area contributed by atoms with E-state index in [-0.39, 0.29) is 24.8 Å². The number of hydrogen-bond donors (Lipinski definition) is 1. The third-order valence-corrected chi connectivity index (χ3v) is 7.14. The van der Waals surface area contributed by atoms with Crippen LogP contribution in [-0.2, 0) is 32.9 Å². The predicted molar refractivity (Wildman–Crippen MR) is 120 cm³/mol. The first-order chi connectivity index (χ1) is 15.4. The van der Waals surface area contributed by atoms with Crippen LogP contribution in [0.15, 0.2) is 48.5 Å². The average Bonchev–Trinajstić information content (AvgIpc) is 2.77. The number of rotatable bonds is 12. The maximum Gasteiger partial charge on any atom is 0.239 e. The highest BCUT2D eigenvalue weighted by Gasteiger charge is 2.45. The lowest BCUT2D eigenvalue weighted by Gasteiger charge is -2.39. The molecule has 0 aromatic heterocycles. The highest BCUT2D eigenvalue weighted by Crippen LogP contribution is 2.26. The summed E-state index contributed by atoms with van der Waals surface area (Å²) in [5, 5.41) is 2.39. The molecule has 0 radical (unpaired) electrons. The van der Waals surface area contributed by atoms with Crippen LogP contribution >= 0.6 is 0 Å². The van der Waals surface area contributed by atoms with Crippen molar-refractivity contribution in [3.05, 3.63) is 71.3 Å². The zero-order chi connectivity index (χ0) is 22.9. The van der Waals surface area contributed by atoms with Gasteiger partial charge in [-0.05, 0) is 42.1 Å². The number of nitrogens with one attached hydrogen (secondary N) is 1. The zero-order valence-corrected chi connectivity index (χ0v) is 18.7. The molecule has 5 nitrogen and oxygen atoms in total. The Morgan fingerprint density at radius 1 is 1.09 bits per heavy atom. The number of aryl methyl sites for hydroxylation is 1. The zero-order valence-electron chi connectivity index (χ0n) is 17.9. The van der Waals surface area contributed by atoms with Gasteiger partial charge >= 0.3 is 0 Å². The summed E-state index contributed by atoms with van der Waals surface area (Å²) in [6, 6.07) is 13.1. The molecule has 8 heteroatoms. The van der Waals surface area contributed by atoms with E-state index in [0.717, 1.165) is 37.3 Å². The Hall–Kier alpha value is -2.45. The van der Waals surface area contributed by atoms with E-state index < -0.39 is 28.2 Å². The first-order valence-electron chi connectivity index (χ1n) is 10.9. The highest BCUT2D eigenvalue weighted by molar-refractivity contribution is 7.91. The van der Waals surface area contributed by atoms with Gasteiger partial charge in [0.2, 0.25) is 11.8 Å². The molecule has 3 rings (SSSR count). The number of carbonyl (C=O) groups is 2. The van der Waals surface area contributed by atoms with Crippen LogP contribution in [0.2, 0.25) is 0 Å². The van der Waals surface area contributed by atoms with Crippen LogP contribution in [-0.4, -0.2) is 39.7 Å². The number of hydrogen-bond acceptors (Lipinski definition) is 3. The molecule has 1 fully saturated rings. The number of unbranched alkanes of at least 4 members (excludes halogenated alkanes) is 3. The third kappa shape index (κ3) is 7.03. The van der Waals surface area contributed by atoms with Gasteiger partial charge in [-0.1, -0.05) is 49.2 Å². The van der Waals surface area contributed by atoms with E-state index in [1.165, 1.54) is 17.0 Å². The Balaban J connectivity index is 1.29. The van der Waals surface area contributed by atoms with Crippen LogP contribution in [0, 0.1) is 11.6 Å². The minimum atomic E-state index is -1.25. The first-order valence-corrected chi connectivity index (χ1v) is 12.2. The van der Waals surface area contributed by atoms with Gasteiger partial charge in [0, 0.05) is 18.2 Å². The summed E-state index contributed by atoms with van der Waals surface area (Å²) in [7, 11) is 0. The van der Waals surface area contributed by atoms with Crippen LogP contribution < -0.4 is 5.32 Å². The number of halogens is 2. The normalized spacial score (nSPS) is 16.5. The molecular weight excluding hydrogens is 434 g/mol. The van der Waals surface area contributed by atoms with Gasteiger partial charge in [-0.3, -0.25) is 14.5 Å². The first kappa shape index (κ1) is 24.2. The highest BCUT2D eigenvalue weighted by atomic mass is 32.2. The van der Waals surface area contributed by atoms with Crippen LogP contribution in [0.1, 0.15) is 43.2 Å². The quantitative estimate of drug-likeness (QED) is 0.297. The summed E-state index contributed by atoms with van der Waals surface area (Å²) < 4.78 is 39.1. The fourth-order valence-electron chi connectivity index (χ4n) is 3.64. The number of β-lactam (4-membered cyclic amide) rings is 1. The summed E-state index contributed by atoms with van der Waals surface area (Å²) in [6.45, 7) is 0.414. The van der Waals surface area contributed by atoms with Crippen molar-refractivity contribution in [2.75, 3.05) is 13.1 Å². The van der Waals surface area contributed by atoms with E-state index >= 15 is 0 Å². The number of likely N-dealkylation sites (tertiary alicyclic amines) is 1. The van der Waals surface area contributed by atoms with Crippen molar-refractivity contribution in [1.29, 1.82) is 0 Å². The fraction of sp³-hybridized carbons (Fsp3) is 0.417. The van der Waals surface area contributed by atoms with E-state index in [0.29, 0.717) is 24.3 Å². The van der Waals surface area contributed by atoms with E-state index in [9.17, 15) is 22.9 Å². The summed E-state index contributed by atoms with van der Waals surface area (Å²) in [6.07, 6.45) is 4.06. The molecule has 1 heterocycles. The number of amides is 2. The molecule has 2 aromatic rings. The molecule has 0 saturated carbocycles.